The van der Waals surface area contributed by atoms with Gasteiger partial charge in [-0.1, -0.05) is 42.5 Å². The molecule has 0 spiro atoms. The summed E-state index contributed by atoms with van der Waals surface area (Å²) in [4.78, 5) is 23.7. The number of rotatable bonds is 6. The molecule has 5 nitrogen and oxygen atoms in total. The fourth-order valence-corrected chi connectivity index (χ4v) is 1.95. The highest BCUT2D eigenvalue weighted by atomic mass is 16.5. The SMILES string of the molecule is C=CCOc1ccc(NC(=O)C(=O)NCc2ccc(C)cc2)cc1. The van der Waals surface area contributed by atoms with Crippen LogP contribution in [0.15, 0.2) is 61.2 Å². The largest absolute Gasteiger partial charge is 0.490 e. The predicted molar refractivity (Wildman–Crippen MR) is 93.8 cm³/mol. The van der Waals surface area contributed by atoms with Gasteiger partial charge in [0.25, 0.3) is 0 Å². The second-order valence-electron chi connectivity index (χ2n) is 5.25. The monoisotopic (exact) mass is 324 g/mol. The Hall–Kier alpha value is -3.08. The smallest absolute Gasteiger partial charge is 0.313 e. The molecule has 0 saturated carbocycles. The number of hydrogen-bond donors (Lipinski definition) is 2. The first-order valence-corrected chi connectivity index (χ1v) is 7.57. The van der Waals surface area contributed by atoms with Crippen LogP contribution in [0.4, 0.5) is 5.69 Å². The molecule has 2 rings (SSSR count). The zero-order chi connectivity index (χ0) is 17.4. The number of ether oxygens (including phenoxy) is 1. The average molecular weight is 324 g/mol. The van der Waals surface area contributed by atoms with E-state index < -0.39 is 11.8 Å². The van der Waals surface area contributed by atoms with Crippen molar-refractivity contribution in [1.82, 2.24) is 5.32 Å². The van der Waals surface area contributed by atoms with Crippen LogP contribution in [0.1, 0.15) is 11.1 Å². The number of amides is 2. The Balaban J connectivity index is 1.83. The highest BCUT2D eigenvalue weighted by Gasteiger charge is 2.13. The number of anilines is 1. The van der Waals surface area contributed by atoms with E-state index in [1.165, 1.54) is 0 Å². The minimum atomic E-state index is -0.707. The Bertz CT molecular complexity index is 706. The number of hydrogen-bond acceptors (Lipinski definition) is 3. The molecule has 0 bridgehead atoms. The third kappa shape index (κ3) is 5.28. The Morgan fingerprint density at radius 3 is 2.33 bits per heavy atom. The van der Waals surface area contributed by atoms with Gasteiger partial charge in [0, 0.05) is 12.2 Å². The molecule has 0 radical (unpaired) electrons. The topological polar surface area (TPSA) is 67.4 Å². The third-order valence-electron chi connectivity index (χ3n) is 3.26. The molecule has 0 fully saturated rings. The fourth-order valence-electron chi connectivity index (χ4n) is 1.95. The molecule has 2 N–H and O–H groups in total. The van der Waals surface area contributed by atoms with Crippen LogP contribution < -0.4 is 15.4 Å². The molecule has 2 aromatic rings. The van der Waals surface area contributed by atoms with Crippen LogP contribution in [-0.4, -0.2) is 18.4 Å². The fraction of sp³-hybridized carbons (Fsp3) is 0.158. The van der Waals surface area contributed by atoms with E-state index in [-0.39, 0.29) is 0 Å². The summed E-state index contributed by atoms with van der Waals surface area (Å²) in [5, 5.41) is 5.13. The van der Waals surface area contributed by atoms with Crippen molar-refractivity contribution in [2.75, 3.05) is 11.9 Å². The number of carbonyl (C=O) groups is 2. The van der Waals surface area contributed by atoms with Crippen molar-refractivity contribution in [3.63, 3.8) is 0 Å². The molecular weight excluding hydrogens is 304 g/mol. The van der Waals surface area contributed by atoms with Crippen LogP contribution in [0.2, 0.25) is 0 Å². The number of aryl methyl sites for hydroxylation is 1. The van der Waals surface area contributed by atoms with Gasteiger partial charge in [-0.2, -0.15) is 0 Å². The predicted octanol–water partition coefficient (Wildman–Crippen LogP) is 2.81. The molecule has 0 aliphatic carbocycles. The molecular formula is C19H20N2O3. The van der Waals surface area contributed by atoms with E-state index in [0.29, 0.717) is 24.6 Å². The van der Waals surface area contributed by atoms with Crippen LogP contribution in [0.25, 0.3) is 0 Å². The van der Waals surface area contributed by atoms with Gasteiger partial charge in [-0.3, -0.25) is 9.59 Å². The van der Waals surface area contributed by atoms with Crippen molar-refractivity contribution >= 4 is 17.5 Å². The molecule has 0 aliphatic heterocycles. The normalized spacial score (nSPS) is 9.88. The van der Waals surface area contributed by atoms with Gasteiger partial charge in [0.1, 0.15) is 12.4 Å². The van der Waals surface area contributed by atoms with Crippen LogP contribution in [0.3, 0.4) is 0 Å². The van der Waals surface area contributed by atoms with E-state index in [1.54, 1.807) is 30.3 Å². The minimum Gasteiger partial charge on any atom is -0.490 e. The van der Waals surface area contributed by atoms with Gasteiger partial charge in [-0.15, -0.1) is 0 Å². The van der Waals surface area contributed by atoms with Gasteiger partial charge in [0.2, 0.25) is 0 Å². The summed E-state index contributed by atoms with van der Waals surface area (Å²) in [5.74, 6) is -0.721. The van der Waals surface area contributed by atoms with Gasteiger partial charge in [-0.25, -0.2) is 0 Å². The van der Waals surface area contributed by atoms with Crippen molar-refractivity contribution < 1.29 is 14.3 Å². The molecule has 0 aromatic heterocycles. The van der Waals surface area contributed by atoms with E-state index in [0.717, 1.165) is 11.1 Å². The minimum absolute atomic E-state index is 0.306. The Morgan fingerprint density at radius 2 is 1.71 bits per heavy atom. The van der Waals surface area contributed by atoms with Crippen molar-refractivity contribution in [3.05, 3.63) is 72.3 Å². The highest BCUT2D eigenvalue weighted by Crippen LogP contribution is 2.15. The zero-order valence-electron chi connectivity index (χ0n) is 13.5. The summed E-state index contributed by atoms with van der Waals surface area (Å²) in [6, 6.07) is 14.5. The molecule has 0 unspecified atom stereocenters. The number of nitrogens with one attached hydrogen (secondary N) is 2. The zero-order valence-corrected chi connectivity index (χ0v) is 13.5. The van der Waals surface area contributed by atoms with Crippen molar-refractivity contribution in [2.45, 2.75) is 13.5 Å². The van der Waals surface area contributed by atoms with Crippen LogP contribution in [-0.2, 0) is 16.1 Å². The first kappa shape index (κ1) is 17.3. The van der Waals surface area contributed by atoms with Crippen LogP contribution >= 0.6 is 0 Å². The molecule has 0 atom stereocenters. The maximum absolute atomic E-state index is 11.9. The molecule has 5 heteroatoms. The molecule has 0 heterocycles. The lowest BCUT2D eigenvalue weighted by molar-refractivity contribution is -0.136. The maximum Gasteiger partial charge on any atom is 0.313 e. The first-order valence-electron chi connectivity index (χ1n) is 7.57. The maximum atomic E-state index is 11.9. The summed E-state index contributed by atoms with van der Waals surface area (Å²) >= 11 is 0. The van der Waals surface area contributed by atoms with Crippen molar-refractivity contribution in [3.8, 4) is 5.75 Å². The second-order valence-corrected chi connectivity index (χ2v) is 5.25. The molecule has 0 aliphatic rings. The lowest BCUT2D eigenvalue weighted by Crippen LogP contribution is -2.34. The van der Waals surface area contributed by atoms with Gasteiger partial charge >= 0.3 is 11.8 Å². The van der Waals surface area contributed by atoms with Crippen LogP contribution in [0, 0.1) is 6.92 Å². The number of benzene rings is 2. The highest BCUT2D eigenvalue weighted by molar-refractivity contribution is 6.39. The molecule has 0 saturated heterocycles. The summed E-state index contributed by atoms with van der Waals surface area (Å²) in [6.45, 7) is 6.28. The standard InChI is InChI=1S/C19H20N2O3/c1-3-12-24-17-10-8-16(9-11-17)21-19(23)18(22)20-13-15-6-4-14(2)5-7-15/h3-11H,1,12-13H2,2H3,(H,20,22)(H,21,23). The Kier molecular flexibility index (Phi) is 6.14. The Morgan fingerprint density at radius 1 is 1.04 bits per heavy atom. The molecule has 2 amide bonds. The lowest BCUT2D eigenvalue weighted by atomic mass is 10.1. The van der Waals surface area contributed by atoms with Gasteiger partial charge in [0.15, 0.2) is 0 Å². The second kappa shape index (κ2) is 8.53. The molecule has 124 valence electrons. The summed E-state index contributed by atoms with van der Waals surface area (Å²) in [7, 11) is 0. The summed E-state index contributed by atoms with van der Waals surface area (Å²) in [5.41, 5.74) is 2.60. The van der Waals surface area contributed by atoms with E-state index in [1.807, 2.05) is 31.2 Å². The van der Waals surface area contributed by atoms with Gasteiger partial charge in [-0.05, 0) is 36.8 Å². The molecule has 2 aromatic carbocycles. The van der Waals surface area contributed by atoms with E-state index in [2.05, 4.69) is 17.2 Å². The van der Waals surface area contributed by atoms with Crippen molar-refractivity contribution in [2.24, 2.45) is 0 Å². The van der Waals surface area contributed by atoms with Crippen molar-refractivity contribution in [1.29, 1.82) is 0 Å². The van der Waals surface area contributed by atoms with Crippen LogP contribution in [0.5, 0.6) is 5.75 Å². The number of carbonyl (C=O) groups excluding carboxylic acids is 2. The average Bonchev–Trinajstić information content (AvgIpc) is 2.60. The summed E-state index contributed by atoms with van der Waals surface area (Å²) in [6.07, 6.45) is 1.65. The van der Waals surface area contributed by atoms with E-state index >= 15 is 0 Å². The van der Waals surface area contributed by atoms with E-state index in [4.69, 9.17) is 4.74 Å². The summed E-state index contributed by atoms with van der Waals surface area (Å²) < 4.78 is 5.35. The first-order chi connectivity index (χ1) is 11.6. The van der Waals surface area contributed by atoms with Gasteiger partial charge < -0.3 is 15.4 Å². The van der Waals surface area contributed by atoms with Gasteiger partial charge in [0.05, 0.1) is 0 Å². The lowest BCUT2D eigenvalue weighted by Gasteiger charge is -2.08. The Labute approximate surface area is 141 Å². The van der Waals surface area contributed by atoms with E-state index in [9.17, 15) is 9.59 Å². The quantitative estimate of drug-likeness (QED) is 0.634. The molecule has 24 heavy (non-hydrogen) atoms. The third-order valence-corrected chi connectivity index (χ3v) is 3.26.